The van der Waals surface area contributed by atoms with Crippen LogP contribution in [-0.4, -0.2) is 0 Å². The van der Waals surface area contributed by atoms with E-state index in [4.69, 9.17) is 0 Å². The molecule has 0 heterocycles. The number of nitrogens with one attached hydrogen (secondary N) is 1. The molecule has 1 nitrogen and oxygen atoms in total. The molecule has 0 fully saturated rings. The lowest BCUT2D eigenvalue weighted by Gasteiger charge is -2.08. The molecule has 0 aliphatic heterocycles. The van der Waals surface area contributed by atoms with Crippen LogP contribution in [-0.2, 0) is 6.54 Å². The highest BCUT2D eigenvalue weighted by Gasteiger charge is 2.04. The fourth-order valence-corrected chi connectivity index (χ4v) is 1.91. The SMILES string of the molecule is Fc1ccc(F)c(NCc2ccc(F)c(Br)c2)c1. The van der Waals surface area contributed by atoms with E-state index in [0.717, 1.165) is 23.8 Å². The zero-order valence-electron chi connectivity index (χ0n) is 9.18. The number of hydrogen-bond acceptors (Lipinski definition) is 1. The standard InChI is InChI=1S/C13H9BrF3N/c14-10-5-8(1-3-11(10)16)7-18-13-6-9(15)2-4-12(13)17/h1-6,18H,7H2. The Kier molecular flexibility index (Phi) is 3.91. The third-order valence-electron chi connectivity index (χ3n) is 2.40. The molecule has 2 aromatic carbocycles. The van der Waals surface area contributed by atoms with Crippen LogP contribution >= 0.6 is 15.9 Å². The molecule has 0 atom stereocenters. The first-order valence-electron chi connectivity index (χ1n) is 5.19. The molecule has 0 spiro atoms. The molecule has 0 saturated carbocycles. The minimum absolute atomic E-state index is 0.0791. The Morgan fingerprint density at radius 2 is 1.67 bits per heavy atom. The summed E-state index contributed by atoms with van der Waals surface area (Å²) in [6, 6.07) is 7.65. The van der Waals surface area contributed by atoms with Gasteiger partial charge in [-0.25, -0.2) is 13.2 Å². The number of benzene rings is 2. The molecule has 5 heteroatoms. The Labute approximate surface area is 111 Å². The van der Waals surface area contributed by atoms with E-state index in [-0.39, 0.29) is 18.0 Å². The van der Waals surface area contributed by atoms with Gasteiger partial charge in [0.05, 0.1) is 10.2 Å². The van der Waals surface area contributed by atoms with Gasteiger partial charge >= 0.3 is 0 Å². The molecule has 1 N–H and O–H groups in total. The van der Waals surface area contributed by atoms with Gasteiger partial charge < -0.3 is 5.32 Å². The summed E-state index contributed by atoms with van der Waals surface area (Å²) < 4.78 is 39.6. The van der Waals surface area contributed by atoms with Crippen LogP contribution in [0, 0.1) is 17.5 Å². The van der Waals surface area contributed by atoms with Crippen molar-refractivity contribution in [2.75, 3.05) is 5.32 Å². The summed E-state index contributed by atoms with van der Waals surface area (Å²) in [5.74, 6) is -1.41. The van der Waals surface area contributed by atoms with E-state index in [1.54, 1.807) is 12.1 Å². The summed E-state index contributed by atoms with van der Waals surface area (Å²) in [4.78, 5) is 0. The number of anilines is 1. The first-order valence-corrected chi connectivity index (χ1v) is 5.98. The molecular formula is C13H9BrF3N. The number of halogens is 4. The zero-order valence-corrected chi connectivity index (χ0v) is 10.8. The minimum Gasteiger partial charge on any atom is -0.379 e. The van der Waals surface area contributed by atoms with E-state index in [1.807, 2.05) is 0 Å². The predicted molar refractivity (Wildman–Crippen MR) is 67.8 cm³/mol. The van der Waals surface area contributed by atoms with Crippen LogP contribution < -0.4 is 5.32 Å². The van der Waals surface area contributed by atoms with Gasteiger partial charge in [-0.15, -0.1) is 0 Å². The first kappa shape index (κ1) is 13.0. The van der Waals surface area contributed by atoms with Crippen LogP contribution in [0.4, 0.5) is 18.9 Å². The molecule has 2 aromatic rings. The quantitative estimate of drug-likeness (QED) is 0.880. The third-order valence-corrected chi connectivity index (χ3v) is 3.00. The third kappa shape index (κ3) is 3.04. The van der Waals surface area contributed by atoms with E-state index in [0.29, 0.717) is 4.47 Å². The van der Waals surface area contributed by atoms with Crippen molar-refractivity contribution in [2.45, 2.75) is 6.54 Å². The average Bonchev–Trinajstić information content (AvgIpc) is 2.34. The van der Waals surface area contributed by atoms with Gasteiger partial charge in [0.15, 0.2) is 0 Å². The lowest BCUT2D eigenvalue weighted by molar-refractivity contribution is 0.602. The second-order valence-electron chi connectivity index (χ2n) is 3.73. The molecule has 94 valence electrons. The maximum absolute atomic E-state index is 13.3. The average molecular weight is 316 g/mol. The Morgan fingerprint density at radius 1 is 0.944 bits per heavy atom. The van der Waals surface area contributed by atoms with Gasteiger partial charge in [-0.1, -0.05) is 6.07 Å². The number of rotatable bonds is 3. The second-order valence-corrected chi connectivity index (χ2v) is 4.58. The smallest absolute Gasteiger partial charge is 0.146 e. The Bertz CT molecular complexity index is 572. The van der Waals surface area contributed by atoms with Crippen LogP contribution in [0.3, 0.4) is 0 Å². The summed E-state index contributed by atoms with van der Waals surface area (Å²) >= 11 is 3.06. The monoisotopic (exact) mass is 315 g/mol. The Balaban J connectivity index is 2.11. The molecule has 0 bridgehead atoms. The van der Waals surface area contributed by atoms with Crippen molar-refractivity contribution >= 4 is 21.6 Å². The zero-order chi connectivity index (χ0) is 13.1. The highest BCUT2D eigenvalue weighted by molar-refractivity contribution is 9.10. The molecule has 18 heavy (non-hydrogen) atoms. The summed E-state index contributed by atoms with van der Waals surface area (Å²) in [6.45, 7) is 0.277. The van der Waals surface area contributed by atoms with Gasteiger partial charge in [-0.3, -0.25) is 0 Å². The van der Waals surface area contributed by atoms with Crippen molar-refractivity contribution in [3.05, 3.63) is 63.9 Å². The van der Waals surface area contributed by atoms with Crippen LogP contribution in [0.2, 0.25) is 0 Å². The molecule has 0 aliphatic carbocycles. The van der Waals surface area contributed by atoms with Crippen LogP contribution in [0.5, 0.6) is 0 Å². The number of hydrogen-bond donors (Lipinski definition) is 1. The van der Waals surface area contributed by atoms with Gasteiger partial charge in [0.2, 0.25) is 0 Å². The van der Waals surface area contributed by atoms with E-state index in [1.165, 1.54) is 6.07 Å². The Morgan fingerprint density at radius 3 is 2.39 bits per heavy atom. The molecule has 0 radical (unpaired) electrons. The highest BCUT2D eigenvalue weighted by atomic mass is 79.9. The molecule has 0 saturated heterocycles. The molecule has 0 aromatic heterocycles. The van der Waals surface area contributed by atoms with Crippen LogP contribution in [0.1, 0.15) is 5.56 Å². The van der Waals surface area contributed by atoms with Crippen molar-refractivity contribution in [1.82, 2.24) is 0 Å². The molecular weight excluding hydrogens is 307 g/mol. The lowest BCUT2D eigenvalue weighted by Crippen LogP contribution is -2.02. The molecule has 2 rings (SSSR count). The largest absolute Gasteiger partial charge is 0.379 e. The topological polar surface area (TPSA) is 12.0 Å². The van der Waals surface area contributed by atoms with Crippen molar-refractivity contribution in [3.63, 3.8) is 0 Å². The molecule has 0 amide bonds. The van der Waals surface area contributed by atoms with Gasteiger partial charge in [0, 0.05) is 6.54 Å². The van der Waals surface area contributed by atoms with E-state index in [2.05, 4.69) is 21.2 Å². The molecule has 0 unspecified atom stereocenters. The van der Waals surface area contributed by atoms with Crippen LogP contribution in [0.15, 0.2) is 40.9 Å². The van der Waals surface area contributed by atoms with Crippen molar-refractivity contribution in [3.8, 4) is 0 Å². The van der Waals surface area contributed by atoms with Crippen molar-refractivity contribution < 1.29 is 13.2 Å². The van der Waals surface area contributed by atoms with E-state index in [9.17, 15) is 13.2 Å². The van der Waals surface area contributed by atoms with Crippen LogP contribution in [0.25, 0.3) is 0 Å². The fraction of sp³-hybridized carbons (Fsp3) is 0.0769. The summed E-state index contributed by atoms with van der Waals surface area (Å²) in [6.07, 6.45) is 0. The van der Waals surface area contributed by atoms with Crippen molar-refractivity contribution in [1.29, 1.82) is 0 Å². The lowest BCUT2D eigenvalue weighted by atomic mass is 10.2. The van der Waals surface area contributed by atoms with Crippen molar-refractivity contribution in [2.24, 2.45) is 0 Å². The van der Waals surface area contributed by atoms with E-state index < -0.39 is 11.6 Å². The second kappa shape index (κ2) is 5.44. The molecule has 0 aliphatic rings. The van der Waals surface area contributed by atoms with Gasteiger partial charge in [-0.05, 0) is 51.8 Å². The summed E-state index contributed by atoms with van der Waals surface area (Å²) in [5.41, 5.74) is 0.836. The minimum atomic E-state index is -0.530. The van der Waals surface area contributed by atoms with Gasteiger partial charge in [-0.2, -0.15) is 0 Å². The first-order chi connectivity index (χ1) is 8.56. The predicted octanol–water partition coefficient (Wildman–Crippen LogP) is 4.48. The fourth-order valence-electron chi connectivity index (χ4n) is 1.48. The Hall–Kier alpha value is -1.49. The maximum Gasteiger partial charge on any atom is 0.146 e. The van der Waals surface area contributed by atoms with Gasteiger partial charge in [0.1, 0.15) is 17.5 Å². The van der Waals surface area contributed by atoms with Gasteiger partial charge in [0.25, 0.3) is 0 Å². The summed E-state index contributed by atoms with van der Waals surface area (Å²) in [7, 11) is 0. The normalized spacial score (nSPS) is 10.4. The summed E-state index contributed by atoms with van der Waals surface area (Å²) in [5, 5.41) is 2.76. The van der Waals surface area contributed by atoms with E-state index >= 15 is 0 Å². The highest BCUT2D eigenvalue weighted by Crippen LogP contribution is 2.19. The maximum atomic E-state index is 13.3.